The summed E-state index contributed by atoms with van der Waals surface area (Å²) >= 11 is 12.0. The highest BCUT2D eigenvalue weighted by atomic mass is 35.5. The second kappa shape index (κ2) is 15.4. The van der Waals surface area contributed by atoms with Crippen molar-refractivity contribution >= 4 is 35.1 Å². The van der Waals surface area contributed by atoms with Crippen LogP contribution in [-0.4, -0.2) is 99.5 Å². The van der Waals surface area contributed by atoms with E-state index < -0.39 is 11.9 Å². The molecule has 0 spiro atoms. The van der Waals surface area contributed by atoms with Gasteiger partial charge in [0.1, 0.15) is 11.3 Å². The van der Waals surface area contributed by atoms with Crippen LogP contribution in [0.4, 0.5) is 0 Å². The first-order chi connectivity index (χ1) is 19.9. The number of carbonyl (C=O) groups is 2. The third-order valence-electron chi connectivity index (χ3n) is 7.21. The molecule has 224 valence electrons. The van der Waals surface area contributed by atoms with Crippen LogP contribution in [0.5, 0.6) is 17.2 Å². The molecule has 0 aliphatic carbocycles. The van der Waals surface area contributed by atoms with E-state index in [-0.39, 0.29) is 21.8 Å². The zero-order valence-corrected chi connectivity index (χ0v) is 25.0. The SMILES string of the molecule is COc1cc2cc(c1OC)OCCCC(OC(=O)c1cnc(Cl)c(Cl)c1)CCN1CCCN(CCCOC2=O)CC1. The molecule has 1 aromatic carbocycles. The third-order valence-corrected chi connectivity index (χ3v) is 7.90. The topological polar surface area (TPSA) is 99.7 Å². The lowest BCUT2D eigenvalue weighted by molar-refractivity contribution is 0.0221. The minimum atomic E-state index is -0.500. The fourth-order valence-corrected chi connectivity index (χ4v) is 5.27. The number of carbonyl (C=O) groups excluding carboxylic acids is 2. The standard InChI is InChI=1S/C29H37Cl2N3O7/c1-37-24-17-20-18-25(26(24)38-2)39-14-3-6-22(41-29(36)21-16-23(30)27(31)32-19-21)7-11-34-9-4-8-33(12-13-34)10-5-15-40-28(20)35/h16-19,22H,3-15H2,1-2H3. The van der Waals surface area contributed by atoms with Crippen molar-refractivity contribution in [3.63, 3.8) is 0 Å². The second-order valence-electron chi connectivity index (χ2n) is 10.0. The van der Waals surface area contributed by atoms with E-state index in [0.29, 0.717) is 55.3 Å². The zero-order chi connectivity index (χ0) is 29.2. The highest BCUT2D eigenvalue weighted by Crippen LogP contribution is 2.39. The van der Waals surface area contributed by atoms with Crippen molar-refractivity contribution in [3.8, 4) is 17.2 Å². The van der Waals surface area contributed by atoms with Crippen LogP contribution in [0.15, 0.2) is 24.4 Å². The van der Waals surface area contributed by atoms with Gasteiger partial charge >= 0.3 is 11.9 Å². The molecule has 1 fully saturated rings. The first-order valence-corrected chi connectivity index (χ1v) is 14.7. The van der Waals surface area contributed by atoms with Crippen molar-refractivity contribution in [2.24, 2.45) is 0 Å². The number of aromatic nitrogens is 1. The zero-order valence-electron chi connectivity index (χ0n) is 23.5. The van der Waals surface area contributed by atoms with Gasteiger partial charge < -0.3 is 33.5 Å². The number of pyridine rings is 1. The largest absolute Gasteiger partial charge is 0.493 e. The number of benzene rings is 1. The van der Waals surface area contributed by atoms with Gasteiger partial charge in [-0.05, 0) is 63.4 Å². The normalized spacial score (nSPS) is 22.6. The molecular weight excluding hydrogens is 573 g/mol. The quantitative estimate of drug-likeness (QED) is 0.356. The van der Waals surface area contributed by atoms with Gasteiger partial charge in [-0.2, -0.15) is 0 Å². The van der Waals surface area contributed by atoms with E-state index in [0.717, 1.165) is 52.1 Å². The monoisotopic (exact) mass is 609 g/mol. The van der Waals surface area contributed by atoms with Gasteiger partial charge in [-0.1, -0.05) is 23.2 Å². The number of cyclic esters (lactones) is 1. The summed E-state index contributed by atoms with van der Waals surface area (Å²) < 4.78 is 28.5. The lowest BCUT2D eigenvalue weighted by atomic mass is 10.1. The number of fused-ring (bicyclic) bond motifs is 5. The van der Waals surface area contributed by atoms with Gasteiger partial charge in [0.05, 0.1) is 43.6 Å². The highest BCUT2D eigenvalue weighted by molar-refractivity contribution is 6.41. The van der Waals surface area contributed by atoms with Crippen molar-refractivity contribution in [2.75, 3.05) is 66.7 Å². The molecule has 4 rings (SSSR count). The summed E-state index contributed by atoms with van der Waals surface area (Å²) in [6, 6.07) is 4.66. The molecule has 0 amide bonds. The van der Waals surface area contributed by atoms with Crippen LogP contribution in [0, 0.1) is 0 Å². The van der Waals surface area contributed by atoms with Crippen molar-refractivity contribution in [1.82, 2.24) is 14.8 Å². The van der Waals surface area contributed by atoms with Crippen LogP contribution >= 0.6 is 23.2 Å². The molecule has 41 heavy (non-hydrogen) atoms. The van der Waals surface area contributed by atoms with Gasteiger partial charge in [0, 0.05) is 32.4 Å². The Labute approximate surface area is 250 Å². The molecule has 4 bridgehead atoms. The van der Waals surface area contributed by atoms with E-state index in [1.54, 1.807) is 12.1 Å². The molecule has 1 saturated heterocycles. The van der Waals surface area contributed by atoms with Crippen molar-refractivity contribution in [3.05, 3.63) is 45.7 Å². The molecule has 2 aliphatic rings. The molecule has 3 heterocycles. The number of rotatable bonds is 4. The summed E-state index contributed by atoms with van der Waals surface area (Å²) in [5.41, 5.74) is 0.570. The number of hydrogen-bond acceptors (Lipinski definition) is 10. The van der Waals surface area contributed by atoms with Crippen LogP contribution in [0.25, 0.3) is 0 Å². The Hall–Kier alpha value is -2.79. The van der Waals surface area contributed by atoms with E-state index in [9.17, 15) is 9.59 Å². The molecule has 12 heteroatoms. The molecule has 0 N–H and O–H groups in total. The summed E-state index contributed by atoms with van der Waals surface area (Å²) in [4.78, 5) is 34.6. The summed E-state index contributed by atoms with van der Waals surface area (Å²) in [5, 5.41) is 0.325. The maximum atomic E-state index is 13.0. The number of methoxy groups -OCH3 is 2. The lowest BCUT2D eigenvalue weighted by Gasteiger charge is -2.24. The van der Waals surface area contributed by atoms with Crippen molar-refractivity contribution in [1.29, 1.82) is 0 Å². The molecule has 3 unspecified atom stereocenters. The summed E-state index contributed by atoms with van der Waals surface area (Å²) in [5.74, 6) is 0.190. The Morgan fingerprint density at radius 2 is 1.63 bits per heavy atom. The van der Waals surface area contributed by atoms with E-state index in [1.807, 2.05) is 0 Å². The molecule has 0 radical (unpaired) electrons. The highest BCUT2D eigenvalue weighted by Gasteiger charge is 2.22. The average Bonchev–Trinajstić information content (AvgIpc) is 3.21. The smallest absolute Gasteiger partial charge is 0.340 e. The Balaban J connectivity index is 1.51. The predicted octanol–water partition coefficient (Wildman–Crippen LogP) is 4.75. The Bertz CT molecular complexity index is 1200. The molecule has 2 aliphatic heterocycles. The summed E-state index contributed by atoms with van der Waals surface area (Å²) in [6.07, 6.45) is 4.64. The lowest BCUT2D eigenvalue weighted by Crippen LogP contribution is -2.34. The molecule has 0 saturated carbocycles. The first kappa shape index (κ1) is 31.2. The van der Waals surface area contributed by atoms with Gasteiger partial charge in [-0.25, -0.2) is 14.6 Å². The van der Waals surface area contributed by atoms with E-state index >= 15 is 0 Å². The van der Waals surface area contributed by atoms with Gasteiger partial charge in [0.2, 0.25) is 5.75 Å². The maximum Gasteiger partial charge on any atom is 0.340 e. The number of halogens is 2. The molecule has 3 atom stereocenters. The Morgan fingerprint density at radius 1 is 0.902 bits per heavy atom. The number of nitrogens with zero attached hydrogens (tertiary/aromatic N) is 3. The van der Waals surface area contributed by atoms with Gasteiger partial charge in [-0.3, -0.25) is 0 Å². The average molecular weight is 611 g/mol. The van der Waals surface area contributed by atoms with Crippen LogP contribution in [0.3, 0.4) is 0 Å². The minimum Gasteiger partial charge on any atom is -0.493 e. The Morgan fingerprint density at radius 3 is 2.37 bits per heavy atom. The van der Waals surface area contributed by atoms with Gasteiger partial charge in [-0.15, -0.1) is 0 Å². The fraction of sp³-hybridized carbons (Fsp3) is 0.552. The molecule has 10 nitrogen and oxygen atoms in total. The molecular formula is C29H37Cl2N3O7. The molecule has 2 aromatic rings. The Kier molecular flexibility index (Phi) is 11.7. The number of ether oxygens (including phenoxy) is 5. The van der Waals surface area contributed by atoms with E-state index in [4.69, 9.17) is 46.9 Å². The van der Waals surface area contributed by atoms with Crippen LogP contribution in [0.2, 0.25) is 10.2 Å². The summed E-state index contributed by atoms with van der Waals surface area (Å²) in [6.45, 7) is 6.10. The van der Waals surface area contributed by atoms with Gasteiger partial charge in [0.25, 0.3) is 0 Å². The number of hydrogen-bond donors (Lipinski definition) is 0. The number of esters is 2. The van der Waals surface area contributed by atoms with E-state index in [1.165, 1.54) is 26.5 Å². The fourth-order valence-electron chi connectivity index (χ4n) is 5.00. The molecule has 1 aromatic heterocycles. The predicted molar refractivity (Wildman–Crippen MR) is 155 cm³/mol. The van der Waals surface area contributed by atoms with Crippen molar-refractivity contribution < 1.29 is 33.3 Å². The van der Waals surface area contributed by atoms with Crippen molar-refractivity contribution in [2.45, 2.75) is 38.2 Å². The minimum absolute atomic E-state index is 0.131. The van der Waals surface area contributed by atoms with Crippen LogP contribution in [-0.2, 0) is 9.47 Å². The second-order valence-corrected chi connectivity index (χ2v) is 10.8. The first-order valence-electron chi connectivity index (χ1n) is 13.9. The third kappa shape index (κ3) is 8.85. The maximum absolute atomic E-state index is 13.0. The summed E-state index contributed by atoms with van der Waals surface area (Å²) in [7, 11) is 3.02. The van der Waals surface area contributed by atoms with Crippen LogP contribution in [0.1, 0.15) is 52.8 Å². The van der Waals surface area contributed by atoms with Gasteiger partial charge in [0.15, 0.2) is 11.5 Å². The van der Waals surface area contributed by atoms with E-state index in [2.05, 4.69) is 14.8 Å². The van der Waals surface area contributed by atoms with Crippen LogP contribution < -0.4 is 14.2 Å².